The van der Waals surface area contributed by atoms with Crippen molar-refractivity contribution in [2.75, 3.05) is 37.6 Å². The van der Waals surface area contributed by atoms with E-state index in [9.17, 15) is 0 Å². The molecule has 2 aromatic heterocycles. The number of hydrogen-bond acceptors (Lipinski definition) is 3. The average molecular weight is 391 g/mol. The second kappa shape index (κ2) is 8.37. The smallest absolute Gasteiger partial charge is 0.165 e. The van der Waals surface area contributed by atoms with E-state index >= 15 is 0 Å². The van der Waals surface area contributed by atoms with Gasteiger partial charge in [0.2, 0.25) is 0 Å². The molecule has 0 amide bonds. The van der Waals surface area contributed by atoms with Crippen molar-refractivity contribution >= 4 is 11.5 Å². The summed E-state index contributed by atoms with van der Waals surface area (Å²) in [6, 6.07) is 12.8. The van der Waals surface area contributed by atoms with E-state index in [0.29, 0.717) is 0 Å². The number of anilines is 1. The van der Waals surface area contributed by atoms with Gasteiger partial charge in [0.25, 0.3) is 0 Å². The lowest BCUT2D eigenvalue weighted by Crippen LogP contribution is -3.15. The van der Waals surface area contributed by atoms with Gasteiger partial charge in [-0.05, 0) is 31.4 Å². The maximum atomic E-state index is 5.03. The SMILES string of the molecule is C=C(C)C[NH+]1CCN(c2cc(CCC)nc3c(-c4ccccc4)c(C)nn23)CC1. The number of benzene rings is 1. The summed E-state index contributed by atoms with van der Waals surface area (Å²) in [7, 11) is 0. The summed E-state index contributed by atoms with van der Waals surface area (Å²) in [6.45, 7) is 15.9. The van der Waals surface area contributed by atoms with Gasteiger partial charge in [-0.3, -0.25) is 0 Å². The van der Waals surface area contributed by atoms with Crippen LogP contribution in [-0.4, -0.2) is 47.3 Å². The zero-order chi connectivity index (χ0) is 20.4. The van der Waals surface area contributed by atoms with E-state index in [-0.39, 0.29) is 0 Å². The molecule has 4 rings (SSSR count). The van der Waals surface area contributed by atoms with Crippen molar-refractivity contribution in [2.24, 2.45) is 0 Å². The van der Waals surface area contributed by atoms with Crippen molar-refractivity contribution in [1.82, 2.24) is 14.6 Å². The molecule has 1 N–H and O–H groups in total. The lowest BCUT2D eigenvalue weighted by molar-refractivity contribution is -0.895. The molecule has 0 unspecified atom stereocenters. The maximum Gasteiger partial charge on any atom is 0.165 e. The Kier molecular flexibility index (Phi) is 5.67. The van der Waals surface area contributed by atoms with E-state index in [0.717, 1.165) is 68.2 Å². The van der Waals surface area contributed by atoms with Crippen molar-refractivity contribution in [2.45, 2.75) is 33.6 Å². The van der Waals surface area contributed by atoms with E-state index < -0.39 is 0 Å². The number of rotatable bonds is 6. The van der Waals surface area contributed by atoms with Crippen LogP contribution in [0.15, 0.2) is 48.6 Å². The maximum absolute atomic E-state index is 5.03. The molecular weight excluding hydrogens is 358 g/mol. The summed E-state index contributed by atoms with van der Waals surface area (Å²) in [5.41, 5.74) is 6.76. The zero-order valence-corrected chi connectivity index (χ0v) is 17.9. The van der Waals surface area contributed by atoms with Gasteiger partial charge in [0.1, 0.15) is 5.82 Å². The third kappa shape index (κ3) is 4.06. The van der Waals surface area contributed by atoms with Gasteiger partial charge < -0.3 is 9.80 Å². The highest BCUT2D eigenvalue weighted by Gasteiger charge is 2.24. The van der Waals surface area contributed by atoms with E-state index in [1.807, 2.05) is 0 Å². The molecule has 1 aromatic carbocycles. The van der Waals surface area contributed by atoms with Gasteiger partial charge in [-0.15, -0.1) is 0 Å². The quantitative estimate of drug-likeness (QED) is 0.658. The normalized spacial score (nSPS) is 15.2. The molecule has 0 radical (unpaired) electrons. The molecule has 0 aliphatic carbocycles. The summed E-state index contributed by atoms with van der Waals surface area (Å²) in [5, 5.41) is 4.92. The van der Waals surface area contributed by atoms with Gasteiger partial charge in [-0.1, -0.05) is 50.3 Å². The van der Waals surface area contributed by atoms with Gasteiger partial charge in [-0.2, -0.15) is 9.61 Å². The topological polar surface area (TPSA) is 37.9 Å². The number of nitrogens with one attached hydrogen (secondary N) is 1. The van der Waals surface area contributed by atoms with Crippen molar-refractivity contribution < 1.29 is 4.90 Å². The first kappa shape index (κ1) is 19.6. The Hall–Kier alpha value is -2.66. The molecule has 5 heteroatoms. The van der Waals surface area contributed by atoms with Crippen LogP contribution in [0.3, 0.4) is 0 Å². The molecule has 1 aliphatic heterocycles. The molecule has 1 fully saturated rings. The largest absolute Gasteiger partial charge is 0.345 e. The Labute approximate surface area is 173 Å². The molecule has 0 atom stereocenters. The third-order valence-electron chi connectivity index (χ3n) is 5.71. The Morgan fingerprint density at radius 2 is 1.90 bits per heavy atom. The van der Waals surface area contributed by atoms with Crippen LogP contribution in [0.5, 0.6) is 0 Å². The number of hydrogen-bond donors (Lipinski definition) is 1. The lowest BCUT2D eigenvalue weighted by atomic mass is 10.1. The average Bonchev–Trinajstić information content (AvgIpc) is 3.04. The van der Waals surface area contributed by atoms with Crippen LogP contribution in [0.2, 0.25) is 0 Å². The van der Waals surface area contributed by atoms with Crippen molar-refractivity contribution in [3.05, 3.63) is 59.9 Å². The first-order chi connectivity index (χ1) is 14.1. The molecular formula is C24H32N5+. The Bertz CT molecular complexity index is 997. The molecule has 3 heterocycles. The van der Waals surface area contributed by atoms with Gasteiger partial charge in [0.05, 0.1) is 38.4 Å². The van der Waals surface area contributed by atoms with Crippen molar-refractivity contribution in [3.63, 3.8) is 0 Å². The fraction of sp³-hybridized carbons (Fsp3) is 0.417. The predicted octanol–water partition coefficient (Wildman–Crippen LogP) is 2.94. The van der Waals surface area contributed by atoms with Crippen LogP contribution in [0.4, 0.5) is 5.82 Å². The minimum atomic E-state index is 0.978. The highest BCUT2D eigenvalue weighted by Crippen LogP contribution is 2.30. The third-order valence-corrected chi connectivity index (χ3v) is 5.71. The number of quaternary nitrogens is 1. The number of piperazine rings is 1. The zero-order valence-electron chi connectivity index (χ0n) is 17.9. The molecule has 3 aromatic rings. The first-order valence-electron chi connectivity index (χ1n) is 10.7. The van der Waals surface area contributed by atoms with Crippen LogP contribution in [-0.2, 0) is 6.42 Å². The summed E-state index contributed by atoms with van der Waals surface area (Å²) >= 11 is 0. The number of nitrogens with zero attached hydrogens (tertiary/aromatic N) is 4. The summed E-state index contributed by atoms with van der Waals surface area (Å²) in [4.78, 5) is 9.13. The fourth-order valence-corrected chi connectivity index (χ4v) is 4.36. The fourth-order valence-electron chi connectivity index (χ4n) is 4.36. The van der Waals surface area contributed by atoms with Crippen molar-refractivity contribution in [3.8, 4) is 11.1 Å². The van der Waals surface area contributed by atoms with Gasteiger partial charge >= 0.3 is 0 Å². The Balaban J connectivity index is 1.75. The van der Waals surface area contributed by atoms with Crippen LogP contribution >= 0.6 is 0 Å². The highest BCUT2D eigenvalue weighted by molar-refractivity contribution is 5.81. The van der Waals surface area contributed by atoms with Crippen LogP contribution < -0.4 is 9.80 Å². The minimum Gasteiger partial charge on any atom is -0.345 e. The Morgan fingerprint density at radius 3 is 2.55 bits per heavy atom. The molecule has 0 bridgehead atoms. The van der Waals surface area contributed by atoms with Crippen LogP contribution in [0.25, 0.3) is 16.8 Å². The summed E-state index contributed by atoms with van der Waals surface area (Å²) < 4.78 is 2.07. The van der Waals surface area contributed by atoms with E-state index in [4.69, 9.17) is 10.1 Å². The van der Waals surface area contributed by atoms with Crippen LogP contribution in [0.1, 0.15) is 31.7 Å². The van der Waals surface area contributed by atoms with Gasteiger partial charge in [0, 0.05) is 17.3 Å². The number of aryl methyl sites for hydroxylation is 2. The van der Waals surface area contributed by atoms with E-state index in [2.05, 4.69) is 73.2 Å². The van der Waals surface area contributed by atoms with Gasteiger partial charge in [-0.25, -0.2) is 4.98 Å². The van der Waals surface area contributed by atoms with E-state index in [1.165, 1.54) is 17.0 Å². The molecule has 0 saturated carbocycles. The van der Waals surface area contributed by atoms with Gasteiger partial charge in [0.15, 0.2) is 5.65 Å². The summed E-state index contributed by atoms with van der Waals surface area (Å²) in [5.74, 6) is 1.18. The molecule has 0 spiro atoms. The summed E-state index contributed by atoms with van der Waals surface area (Å²) in [6.07, 6.45) is 2.08. The van der Waals surface area contributed by atoms with E-state index in [1.54, 1.807) is 4.90 Å². The monoisotopic (exact) mass is 390 g/mol. The molecule has 152 valence electrons. The number of fused-ring (bicyclic) bond motifs is 1. The predicted molar refractivity (Wildman–Crippen MR) is 120 cm³/mol. The van der Waals surface area contributed by atoms with Crippen molar-refractivity contribution in [1.29, 1.82) is 0 Å². The lowest BCUT2D eigenvalue weighted by Gasteiger charge is -2.33. The highest BCUT2D eigenvalue weighted by atomic mass is 15.4. The second-order valence-corrected chi connectivity index (χ2v) is 8.29. The molecule has 5 nitrogen and oxygen atoms in total. The standard InChI is InChI=1S/C24H31N5/c1-5-9-21-16-22(28-14-12-27(13-15-28)17-18(2)3)29-24(25-21)23(19(4)26-29)20-10-7-6-8-11-20/h6-8,10-11,16H,2,5,9,12-15,17H2,1,3-4H3/p+1. The second-order valence-electron chi connectivity index (χ2n) is 8.29. The molecule has 1 aliphatic rings. The minimum absolute atomic E-state index is 0.978. The first-order valence-corrected chi connectivity index (χ1v) is 10.7. The molecule has 29 heavy (non-hydrogen) atoms. The molecule has 1 saturated heterocycles. The van der Waals surface area contributed by atoms with Crippen LogP contribution in [0, 0.1) is 6.92 Å². The number of aromatic nitrogens is 3. The Morgan fingerprint density at radius 1 is 1.17 bits per heavy atom.